The topological polar surface area (TPSA) is 64.4 Å². The highest BCUT2D eigenvalue weighted by Gasteiger charge is 2.14. The Bertz CT molecular complexity index is 664. The fourth-order valence-corrected chi connectivity index (χ4v) is 3.18. The van der Waals surface area contributed by atoms with E-state index in [4.69, 9.17) is 4.74 Å². The van der Waals surface area contributed by atoms with Crippen LogP contribution in [0, 0.1) is 0 Å². The van der Waals surface area contributed by atoms with Gasteiger partial charge in [0.25, 0.3) is 0 Å². The molecule has 0 radical (unpaired) electrons. The van der Waals surface area contributed by atoms with Crippen molar-refractivity contribution in [3.63, 3.8) is 0 Å². The van der Waals surface area contributed by atoms with E-state index in [1.807, 2.05) is 0 Å². The predicted molar refractivity (Wildman–Crippen MR) is 88.5 cm³/mol. The second kappa shape index (κ2) is 6.29. The van der Waals surface area contributed by atoms with Gasteiger partial charge in [-0.3, -0.25) is 0 Å². The molecule has 2 rings (SSSR count). The largest absolute Gasteiger partial charge is 0.478 e. The maximum atomic E-state index is 11.2. The van der Waals surface area contributed by atoms with Gasteiger partial charge in [0.2, 0.25) is 0 Å². The summed E-state index contributed by atoms with van der Waals surface area (Å²) in [5.74, 6) is -0.962. The zero-order valence-electron chi connectivity index (χ0n) is 12.4. The molecular weight excluding hydrogens is 352 g/mol. The van der Waals surface area contributed by atoms with Gasteiger partial charge in [-0.2, -0.15) is 5.10 Å². The molecule has 0 aliphatic heterocycles. The van der Waals surface area contributed by atoms with E-state index in [0.717, 1.165) is 16.9 Å². The van der Waals surface area contributed by atoms with Crippen molar-refractivity contribution < 1.29 is 14.6 Å². The zero-order valence-corrected chi connectivity index (χ0v) is 15.0. The number of carboxylic acids is 1. The van der Waals surface area contributed by atoms with E-state index in [2.05, 4.69) is 40.7 Å². The van der Waals surface area contributed by atoms with Crippen LogP contribution < -0.4 is 0 Å². The van der Waals surface area contributed by atoms with Gasteiger partial charge in [0.15, 0.2) is 0 Å². The SMILES string of the molecule is C[Si](C)(C)CCOCn1ncc2cc(Br)c(C(=O)O)cc21. The number of aromatic nitrogens is 2. The minimum absolute atomic E-state index is 0.228. The van der Waals surface area contributed by atoms with Gasteiger partial charge in [0.05, 0.1) is 17.3 Å². The Kier molecular flexibility index (Phi) is 4.85. The fourth-order valence-electron chi connectivity index (χ4n) is 1.89. The lowest BCUT2D eigenvalue weighted by Gasteiger charge is -2.15. The van der Waals surface area contributed by atoms with Crippen LogP contribution in [0.1, 0.15) is 10.4 Å². The minimum Gasteiger partial charge on any atom is -0.478 e. The Morgan fingerprint density at radius 2 is 2.14 bits per heavy atom. The number of aromatic carboxylic acids is 1. The second-order valence-electron chi connectivity index (χ2n) is 6.19. The molecule has 5 nitrogen and oxygen atoms in total. The van der Waals surface area contributed by atoms with Gasteiger partial charge in [-0.15, -0.1) is 0 Å². The van der Waals surface area contributed by atoms with E-state index < -0.39 is 14.0 Å². The average molecular weight is 371 g/mol. The standard InChI is InChI=1S/C14H19BrN2O3Si/c1-21(2,3)5-4-20-9-17-13-7-11(14(18)19)12(15)6-10(13)8-16-17/h6-8H,4-5,9H2,1-3H3,(H,18,19). The van der Waals surface area contributed by atoms with Crippen molar-refractivity contribution in [1.82, 2.24) is 9.78 Å². The first-order chi connectivity index (χ1) is 9.78. The molecule has 114 valence electrons. The Labute approximate surface area is 133 Å². The van der Waals surface area contributed by atoms with Crippen LogP contribution >= 0.6 is 15.9 Å². The second-order valence-corrected chi connectivity index (χ2v) is 12.7. The van der Waals surface area contributed by atoms with E-state index in [1.54, 1.807) is 23.0 Å². The molecule has 7 heteroatoms. The number of hydrogen-bond donors (Lipinski definition) is 1. The Morgan fingerprint density at radius 1 is 1.43 bits per heavy atom. The van der Waals surface area contributed by atoms with Gasteiger partial charge in [-0.05, 0) is 34.1 Å². The molecule has 0 aliphatic rings. The van der Waals surface area contributed by atoms with Crippen molar-refractivity contribution in [2.75, 3.05) is 6.61 Å². The number of carboxylic acid groups (broad SMARTS) is 1. The van der Waals surface area contributed by atoms with Gasteiger partial charge in [-0.1, -0.05) is 19.6 Å². The third-order valence-corrected chi connectivity index (χ3v) is 5.53. The quantitative estimate of drug-likeness (QED) is 0.620. The average Bonchev–Trinajstić information content (AvgIpc) is 2.74. The number of rotatable bonds is 6. The van der Waals surface area contributed by atoms with Gasteiger partial charge in [-0.25, -0.2) is 9.48 Å². The van der Waals surface area contributed by atoms with Crippen LogP contribution in [0.4, 0.5) is 0 Å². The Balaban J connectivity index is 2.14. The van der Waals surface area contributed by atoms with Crippen LogP contribution in [0.5, 0.6) is 0 Å². The molecule has 0 saturated carbocycles. The van der Waals surface area contributed by atoms with Crippen molar-refractivity contribution in [3.8, 4) is 0 Å². The number of nitrogens with zero attached hydrogens (tertiary/aromatic N) is 2. The van der Waals surface area contributed by atoms with E-state index in [9.17, 15) is 9.90 Å². The summed E-state index contributed by atoms with van der Waals surface area (Å²) >= 11 is 3.27. The van der Waals surface area contributed by atoms with Crippen LogP contribution in [0.25, 0.3) is 10.9 Å². The van der Waals surface area contributed by atoms with Crippen molar-refractivity contribution in [2.45, 2.75) is 32.4 Å². The summed E-state index contributed by atoms with van der Waals surface area (Å²) in [7, 11) is -1.10. The van der Waals surface area contributed by atoms with Crippen LogP contribution in [0.15, 0.2) is 22.8 Å². The van der Waals surface area contributed by atoms with Crippen molar-refractivity contribution >= 4 is 40.9 Å². The highest BCUT2D eigenvalue weighted by atomic mass is 79.9. The van der Waals surface area contributed by atoms with Gasteiger partial charge < -0.3 is 9.84 Å². The van der Waals surface area contributed by atoms with E-state index in [1.165, 1.54) is 0 Å². The molecule has 1 aromatic carbocycles. The minimum atomic E-state index is -1.10. The number of hydrogen-bond acceptors (Lipinski definition) is 3. The summed E-state index contributed by atoms with van der Waals surface area (Å²) in [4.78, 5) is 11.2. The molecule has 1 heterocycles. The summed E-state index contributed by atoms with van der Waals surface area (Å²) in [5.41, 5.74) is 0.995. The predicted octanol–water partition coefficient (Wildman–Crippen LogP) is 3.81. The van der Waals surface area contributed by atoms with Gasteiger partial charge in [0.1, 0.15) is 6.73 Å². The van der Waals surface area contributed by atoms with Crippen LogP contribution in [-0.4, -0.2) is 35.5 Å². The molecule has 1 aromatic heterocycles. The van der Waals surface area contributed by atoms with E-state index in [-0.39, 0.29) is 5.56 Å². The van der Waals surface area contributed by atoms with Crippen molar-refractivity contribution in [3.05, 3.63) is 28.4 Å². The third kappa shape index (κ3) is 4.15. The van der Waals surface area contributed by atoms with Crippen molar-refractivity contribution in [1.29, 1.82) is 0 Å². The monoisotopic (exact) mass is 370 g/mol. The number of benzene rings is 1. The number of halogens is 1. The summed E-state index contributed by atoms with van der Waals surface area (Å²) in [5, 5.41) is 14.3. The maximum absolute atomic E-state index is 11.2. The van der Waals surface area contributed by atoms with E-state index in [0.29, 0.717) is 17.8 Å². The molecule has 0 unspecified atom stereocenters. The molecule has 0 atom stereocenters. The van der Waals surface area contributed by atoms with E-state index >= 15 is 0 Å². The highest BCUT2D eigenvalue weighted by Crippen LogP contribution is 2.24. The fraction of sp³-hybridized carbons (Fsp3) is 0.429. The van der Waals surface area contributed by atoms with Crippen LogP contribution in [0.2, 0.25) is 25.7 Å². The molecule has 0 amide bonds. The lowest BCUT2D eigenvalue weighted by atomic mass is 10.2. The lowest BCUT2D eigenvalue weighted by molar-refractivity contribution is 0.0695. The summed E-state index contributed by atoms with van der Waals surface area (Å²) < 4.78 is 7.92. The molecule has 0 spiro atoms. The molecule has 2 aromatic rings. The normalized spacial score (nSPS) is 12.0. The Morgan fingerprint density at radius 3 is 2.76 bits per heavy atom. The number of carbonyl (C=O) groups is 1. The third-order valence-electron chi connectivity index (χ3n) is 3.17. The van der Waals surface area contributed by atoms with Crippen LogP contribution in [-0.2, 0) is 11.5 Å². The molecule has 1 N–H and O–H groups in total. The molecular formula is C14H19BrN2O3Si. The maximum Gasteiger partial charge on any atom is 0.336 e. The van der Waals surface area contributed by atoms with Crippen LogP contribution in [0.3, 0.4) is 0 Å². The summed E-state index contributed by atoms with van der Waals surface area (Å²) in [6.45, 7) is 7.96. The smallest absolute Gasteiger partial charge is 0.336 e. The first-order valence-electron chi connectivity index (χ1n) is 6.74. The number of fused-ring (bicyclic) bond motifs is 1. The Hall–Kier alpha value is -1.18. The molecule has 0 saturated heterocycles. The summed E-state index contributed by atoms with van der Waals surface area (Å²) in [6.07, 6.45) is 1.72. The molecule has 0 aliphatic carbocycles. The first-order valence-corrected chi connectivity index (χ1v) is 11.2. The zero-order chi connectivity index (χ0) is 15.6. The lowest BCUT2D eigenvalue weighted by Crippen LogP contribution is -2.22. The number of ether oxygens (including phenoxy) is 1. The molecule has 0 fully saturated rings. The van der Waals surface area contributed by atoms with Gasteiger partial charge >= 0.3 is 5.97 Å². The molecule has 21 heavy (non-hydrogen) atoms. The van der Waals surface area contributed by atoms with Crippen molar-refractivity contribution in [2.24, 2.45) is 0 Å². The summed E-state index contributed by atoms with van der Waals surface area (Å²) in [6, 6.07) is 4.49. The first kappa shape index (κ1) is 16.2. The highest BCUT2D eigenvalue weighted by molar-refractivity contribution is 9.10. The molecule has 0 bridgehead atoms. The van der Waals surface area contributed by atoms with Gasteiger partial charge in [0, 0.05) is 24.5 Å².